The van der Waals surface area contributed by atoms with Crippen LogP contribution < -0.4 is 15.8 Å². The van der Waals surface area contributed by atoms with Crippen molar-refractivity contribution < 1.29 is 4.74 Å². The van der Waals surface area contributed by atoms with Crippen molar-refractivity contribution in [1.29, 1.82) is 0 Å². The van der Waals surface area contributed by atoms with Crippen LogP contribution in [0.15, 0.2) is 47.5 Å². The fourth-order valence-electron chi connectivity index (χ4n) is 1.99. The summed E-state index contributed by atoms with van der Waals surface area (Å²) in [4.78, 5) is 4.29. The number of aliphatic imine (C=N–C) groups is 1. The summed E-state index contributed by atoms with van der Waals surface area (Å²) >= 11 is 11.9. The summed E-state index contributed by atoms with van der Waals surface area (Å²) in [6, 6.07) is 12.9. The van der Waals surface area contributed by atoms with E-state index in [1.54, 1.807) is 13.2 Å². The normalized spacial score (nSPS) is 11.3. The highest BCUT2D eigenvalue weighted by molar-refractivity contribution is 6.34. The number of halogens is 2. The van der Waals surface area contributed by atoms with E-state index in [9.17, 15) is 0 Å². The van der Waals surface area contributed by atoms with Crippen LogP contribution in [0.25, 0.3) is 0 Å². The molecular formula is C16H17Cl2N3O. The van der Waals surface area contributed by atoms with Crippen LogP contribution in [0.3, 0.4) is 0 Å². The number of hydrogen-bond acceptors (Lipinski definition) is 2. The zero-order chi connectivity index (χ0) is 15.9. The second-order valence-electron chi connectivity index (χ2n) is 4.62. The fraction of sp³-hybridized carbons (Fsp3) is 0.188. The Morgan fingerprint density at radius 1 is 1.18 bits per heavy atom. The topological polar surface area (TPSA) is 59.6 Å². The molecule has 0 fully saturated rings. The van der Waals surface area contributed by atoms with Gasteiger partial charge in [0.1, 0.15) is 5.75 Å². The van der Waals surface area contributed by atoms with Gasteiger partial charge >= 0.3 is 0 Å². The van der Waals surface area contributed by atoms with Gasteiger partial charge in [-0.3, -0.25) is 4.99 Å². The van der Waals surface area contributed by atoms with Crippen LogP contribution in [0.5, 0.6) is 5.75 Å². The number of para-hydroxylation sites is 2. The lowest BCUT2D eigenvalue weighted by atomic mass is 10.1. The predicted octanol–water partition coefficient (Wildman–Crippen LogP) is 3.97. The molecule has 0 amide bonds. The average Bonchev–Trinajstić information content (AvgIpc) is 2.46. The molecule has 0 atom stereocenters. The van der Waals surface area contributed by atoms with Crippen molar-refractivity contribution in [3.63, 3.8) is 0 Å². The molecule has 2 aromatic carbocycles. The Morgan fingerprint density at radius 2 is 1.86 bits per heavy atom. The highest BCUT2D eigenvalue weighted by Crippen LogP contribution is 2.22. The Bertz CT molecular complexity index is 654. The number of methoxy groups -OCH3 is 1. The van der Waals surface area contributed by atoms with Gasteiger partial charge in [0.25, 0.3) is 0 Å². The molecule has 6 heteroatoms. The molecule has 3 N–H and O–H groups in total. The first-order valence-corrected chi connectivity index (χ1v) is 7.49. The van der Waals surface area contributed by atoms with Crippen molar-refractivity contribution in [2.24, 2.45) is 10.7 Å². The van der Waals surface area contributed by atoms with Gasteiger partial charge in [-0.2, -0.15) is 0 Å². The Hall–Kier alpha value is -1.91. The molecule has 116 valence electrons. The highest BCUT2D eigenvalue weighted by Gasteiger charge is 2.02. The van der Waals surface area contributed by atoms with Crippen LogP contribution in [0.1, 0.15) is 5.56 Å². The third kappa shape index (κ3) is 4.83. The molecule has 0 spiro atoms. The van der Waals surface area contributed by atoms with E-state index < -0.39 is 0 Å². The molecule has 0 heterocycles. The number of nitrogens with one attached hydrogen (secondary N) is 1. The molecule has 0 aromatic heterocycles. The van der Waals surface area contributed by atoms with Gasteiger partial charge in [-0.1, -0.05) is 35.3 Å². The van der Waals surface area contributed by atoms with Gasteiger partial charge in [-0.25, -0.2) is 0 Å². The van der Waals surface area contributed by atoms with E-state index in [0.29, 0.717) is 34.7 Å². The number of hydrogen-bond donors (Lipinski definition) is 2. The molecule has 22 heavy (non-hydrogen) atoms. The Balaban J connectivity index is 1.95. The lowest BCUT2D eigenvalue weighted by Crippen LogP contribution is -2.23. The first-order valence-electron chi connectivity index (χ1n) is 6.73. The minimum Gasteiger partial charge on any atom is -0.495 e. The summed E-state index contributed by atoms with van der Waals surface area (Å²) < 4.78 is 5.24. The fourth-order valence-corrected chi connectivity index (χ4v) is 2.56. The quantitative estimate of drug-likeness (QED) is 0.641. The van der Waals surface area contributed by atoms with Gasteiger partial charge in [0.2, 0.25) is 0 Å². The molecule has 0 bridgehead atoms. The Morgan fingerprint density at radius 3 is 2.55 bits per heavy atom. The summed E-state index contributed by atoms with van der Waals surface area (Å²) in [7, 11) is 1.61. The SMILES string of the molecule is COc1ccccc1NC(N)=NCCc1cc(Cl)cc(Cl)c1. The maximum absolute atomic E-state index is 5.96. The van der Waals surface area contributed by atoms with E-state index >= 15 is 0 Å². The van der Waals surface area contributed by atoms with Crippen LogP contribution in [-0.4, -0.2) is 19.6 Å². The van der Waals surface area contributed by atoms with Gasteiger partial charge in [0.15, 0.2) is 5.96 Å². The van der Waals surface area contributed by atoms with Crippen molar-refractivity contribution in [2.45, 2.75) is 6.42 Å². The predicted molar refractivity (Wildman–Crippen MR) is 93.3 cm³/mol. The molecule has 0 saturated heterocycles. The maximum Gasteiger partial charge on any atom is 0.193 e. The van der Waals surface area contributed by atoms with Crippen molar-refractivity contribution in [3.8, 4) is 5.75 Å². The van der Waals surface area contributed by atoms with Gasteiger partial charge < -0.3 is 15.8 Å². The molecule has 0 unspecified atom stereocenters. The van der Waals surface area contributed by atoms with Crippen molar-refractivity contribution >= 4 is 34.8 Å². The van der Waals surface area contributed by atoms with Crippen molar-refractivity contribution in [1.82, 2.24) is 0 Å². The average molecular weight is 338 g/mol. The standard InChI is InChI=1S/C16H17Cl2N3O/c1-22-15-5-3-2-4-14(15)21-16(19)20-7-6-11-8-12(17)10-13(18)9-11/h2-5,8-10H,6-7H2,1H3,(H3,19,20,21). The number of rotatable bonds is 5. The molecule has 0 aliphatic heterocycles. The number of nitrogens with two attached hydrogens (primary N) is 1. The first kappa shape index (κ1) is 16.5. The smallest absolute Gasteiger partial charge is 0.193 e. The molecule has 0 radical (unpaired) electrons. The number of guanidine groups is 1. The van der Waals surface area contributed by atoms with E-state index in [2.05, 4.69) is 10.3 Å². The van der Waals surface area contributed by atoms with Gasteiger partial charge in [-0.15, -0.1) is 0 Å². The monoisotopic (exact) mass is 337 g/mol. The van der Waals surface area contributed by atoms with Crippen LogP contribution >= 0.6 is 23.2 Å². The van der Waals surface area contributed by atoms with Crippen LogP contribution in [-0.2, 0) is 6.42 Å². The molecule has 4 nitrogen and oxygen atoms in total. The number of benzene rings is 2. The van der Waals surface area contributed by atoms with E-state index in [1.165, 1.54) is 0 Å². The highest BCUT2D eigenvalue weighted by atomic mass is 35.5. The minimum absolute atomic E-state index is 0.331. The Kier molecular flexibility index (Phi) is 5.92. The number of nitrogens with zero attached hydrogens (tertiary/aromatic N) is 1. The van der Waals surface area contributed by atoms with Crippen LogP contribution in [0, 0.1) is 0 Å². The molecule has 0 saturated carbocycles. The van der Waals surface area contributed by atoms with E-state index in [4.69, 9.17) is 33.7 Å². The zero-order valence-corrected chi connectivity index (χ0v) is 13.7. The summed E-state index contributed by atoms with van der Waals surface area (Å²) in [5.74, 6) is 1.04. The van der Waals surface area contributed by atoms with Gasteiger partial charge in [-0.05, 0) is 42.3 Å². The lowest BCUT2D eigenvalue weighted by molar-refractivity contribution is 0.417. The molecule has 2 rings (SSSR count). The molecular weight excluding hydrogens is 321 g/mol. The summed E-state index contributed by atoms with van der Waals surface area (Å²) in [5.41, 5.74) is 7.68. The van der Waals surface area contributed by atoms with Crippen molar-refractivity contribution in [2.75, 3.05) is 19.0 Å². The molecule has 0 aliphatic carbocycles. The van der Waals surface area contributed by atoms with E-state index in [-0.39, 0.29) is 0 Å². The number of anilines is 1. The summed E-state index contributed by atoms with van der Waals surface area (Å²) in [5, 5.41) is 4.26. The van der Waals surface area contributed by atoms with Crippen LogP contribution in [0.4, 0.5) is 5.69 Å². The second-order valence-corrected chi connectivity index (χ2v) is 5.49. The third-order valence-corrected chi connectivity index (χ3v) is 3.41. The molecule has 0 aliphatic rings. The van der Waals surface area contributed by atoms with E-state index in [0.717, 1.165) is 11.3 Å². The summed E-state index contributed by atoms with van der Waals surface area (Å²) in [6.45, 7) is 0.532. The van der Waals surface area contributed by atoms with Crippen molar-refractivity contribution in [3.05, 3.63) is 58.1 Å². The summed E-state index contributed by atoms with van der Waals surface area (Å²) in [6.07, 6.45) is 0.703. The second kappa shape index (κ2) is 7.92. The third-order valence-electron chi connectivity index (χ3n) is 2.97. The number of ether oxygens (including phenoxy) is 1. The first-order chi connectivity index (χ1) is 10.6. The molecule has 2 aromatic rings. The maximum atomic E-state index is 5.96. The van der Waals surface area contributed by atoms with E-state index in [1.807, 2.05) is 36.4 Å². The van der Waals surface area contributed by atoms with Crippen LogP contribution in [0.2, 0.25) is 10.0 Å². The van der Waals surface area contributed by atoms with Gasteiger partial charge in [0.05, 0.1) is 12.8 Å². The zero-order valence-electron chi connectivity index (χ0n) is 12.1. The minimum atomic E-state index is 0.331. The Labute approximate surface area is 139 Å². The van der Waals surface area contributed by atoms with Gasteiger partial charge in [0, 0.05) is 16.6 Å². The largest absolute Gasteiger partial charge is 0.495 e. The lowest BCUT2D eigenvalue weighted by Gasteiger charge is -2.10.